The van der Waals surface area contributed by atoms with Crippen LogP contribution in [0.25, 0.3) is 0 Å². The van der Waals surface area contributed by atoms with Gasteiger partial charge in [0, 0.05) is 6.42 Å². The summed E-state index contributed by atoms with van der Waals surface area (Å²) in [6.45, 7) is 3.50. The fourth-order valence-electron chi connectivity index (χ4n) is 0.324. The molecule has 2 nitrogen and oxygen atoms in total. The molecule has 0 aromatic carbocycles. The zero-order chi connectivity index (χ0) is 6.62. The average Bonchev–Trinajstić information content (AvgIpc) is 1.67. The lowest BCUT2D eigenvalue weighted by Gasteiger charge is -2.16. The summed E-state index contributed by atoms with van der Waals surface area (Å²) in [6, 6.07) is 0. The van der Waals surface area contributed by atoms with Crippen molar-refractivity contribution in [3.8, 4) is 0 Å². The summed E-state index contributed by atoms with van der Waals surface area (Å²) in [4.78, 5) is 9.82. The Morgan fingerprint density at radius 3 is 2.38 bits per heavy atom. The fourth-order valence-corrected chi connectivity index (χ4v) is 0.324. The molecule has 1 N–H and O–H groups in total. The quantitative estimate of drug-likeness (QED) is 0.552. The highest BCUT2D eigenvalue weighted by Gasteiger charge is 2.15. The van der Waals surface area contributed by atoms with Crippen LogP contribution in [-0.4, -0.2) is 17.0 Å². The van der Waals surface area contributed by atoms with Gasteiger partial charge in [-0.1, -0.05) is 6.92 Å². The van der Waals surface area contributed by atoms with Crippen molar-refractivity contribution in [3.05, 3.63) is 0 Å². The van der Waals surface area contributed by atoms with Gasteiger partial charge in [-0.3, -0.25) is 0 Å². The van der Waals surface area contributed by atoms with Crippen LogP contribution in [0.4, 0.5) is 0 Å². The van der Waals surface area contributed by atoms with Crippen LogP contribution in [0.1, 0.15) is 26.7 Å². The van der Waals surface area contributed by atoms with Crippen molar-refractivity contribution in [2.24, 2.45) is 0 Å². The van der Waals surface area contributed by atoms with Gasteiger partial charge in [-0.25, -0.2) is 0 Å². The van der Waals surface area contributed by atoms with Crippen LogP contribution in [0, 0.1) is 0 Å². The van der Waals surface area contributed by atoms with E-state index in [1.54, 1.807) is 6.92 Å². The van der Waals surface area contributed by atoms with Crippen molar-refractivity contribution in [2.75, 3.05) is 0 Å². The summed E-state index contributed by atoms with van der Waals surface area (Å²) in [5.74, 6) is 0. The van der Waals surface area contributed by atoms with Gasteiger partial charge in [0.15, 0.2) is 0 Å². The molecule has 0 fully saturated rings. The van der Waals surface area contributed by atoms with Crippen molar-refractivity contribution in [1.29, 1.82) is 0 Å². The third kappa shape index (κ3) is 2.75. The van der Waals surface area contributed by atoms with Crippen LogP contribution >= 0.6 is 0 Å². The Morgan fingerprint density at radius 2 is 2.25 bits per heavy atom. The van der Waals surface area contributed by atoms with E-state index in [4.69, 9.17) is 5.11 Å². The van der Waals surface area contributed by atoms with Gasteiger partial charge in [-0.2, -0.15) is 0 Å². The second kappa shape index (κ2) is 2.82. The monoisotopic (exact) mass is 116 g/mol. The average molecular weight is 116 g/mol. The molecule has 0 spiro atoms. The van der Waals surface area contributed by atoms with Gasteiger partial charge >= 0.3 is 0 Å². The first-order chi connectivity index (χ1) is 3.62. The highest BCUT2D eigenvalue weighted by molar-refractivity contribution is 5.51. The van der Waals surface area contributed by atoms with Crippen LogP contribution in [0.3, 0.4) is 0 Å². The molecule has 0 aromatic rings. The van der Waals surface area contributed by atoms with Crippen molar-refractivity contribution >= 4 is 6.29 Å². The first-order valence-corrected chi connectivity index (χ1v) is 2.78. The van der Waals surface area contributed by atoms with E-state index in [0.717, 1.165) is 6.29 Å². The van der Waals surface area contributed by atoms with Gasteiger partial charge in [-0.05, 0) is 13.3 Å². The lowest BCUT2D eigenvalue weighted by atomic mass is 10.0. The van der Waals surface area contributed by atoms with Crippen molar-refractivity contribution in [3.63, 3.8) is 0 Å². The zero-order valence-electron chi connectivity index (χ0n) is 5.35. The molecule has 1 unspecified atom stereocenters. The molecule has 0 bridgehead atoms. The Kier molecular flexibility index (Phi) is 2.69. The molecule has 0 aliphatic carbocycles. The van der Waals surface area contributed by atoms with Crippen LogP contribution < -0.4 is 0 Å². The van der Waals surface area contributed by atoms with Gasteiger partial charge in [0.05, 0.1) is 5.60 Å². The van der Waals surface area contributed by atoms with Gasteiger partial charge in [0.1, 0.15) is 6.29 Å². The molecule has 0 aliphatic rings. The topological polar surface area (TPSA) is 37.3 Å². The minimum atomic E-state index is -0.776. The van der Waals surface area contributed by atoms with E-state index in [0.29, 0.717) is 6.42 Å². The number of carbonyl (C=O) groups excluding carboxylic acids is 1. The molecule has 8 heavy (non-hydrogen) atoms. The third-order valence-electron chi connectivity index (χ3n) is 1.28. The van der Waals surface area contributed by atoms with Crippen molar-refractivity contribution in [2.45, 2.75) is 32.3 Å². The van der Waals surface area contributed by atoms with Crippen LogP contribution in [0.15, 0.2) is 0 Å². The van der Waals surface area contributed by atoms with Gasteiger partial charge in [-0.15, -0.1) is 0 Å². The second-order valence-corrected chi connectivity index (χ2v) is 2.22. The van der Waals surface area contributed by atoms with Gasteiger partial charge in [0.2, 0.25) is 0 Å². The molecule has 0 amide bonds. The maximum absolute atomic E-state index is 9.82. The van der Waals surface area contributed by atoms with E-state index in [2.05, 4.69) is 0 Å². The summed E-state index contributed by atoms with van der Waals surface area (Å²) in [5, 5.41) is 9.09. The first-order valence-electron chi connectivity index (χ1n) is 2.78. The van der Waals surface area contributed by atoms with E-state index in [1.807, 2.05) is 6.92 Å². The normalized spacial score (nSPS) is 17.4. The van der Waals surface area contributed by atoms with Crippen LogP contribution in [-0.2, 0) is 4.79 Å². The number of hydrogen-bond donors (Lipinski definition) is 1. The highest BCUT2D eigenvalue weighted by Crippen LogP contribution is 2.10. The maximum atomic E-state index is 9.82. The van der Waals surface area contributed by atoms with Crippen LogP contribution in [0.5, 0.6) is 0 Å². The van der Waals surface area contributed by atoms with Crippen LogP contribution in [0.2, 0.25) is 0 Å². The van der Waals surface area contributed by atoms with Crippen molar-refractivity contribution in [1.82, 2.24) is 0 Å². The Hall–Kier alpha value is -0.370. The van der Waals surface area contributed by atoms with Crippen molar-refractivity contribution < 1.29 is 9.90 Å². The Labute approximate surface area is 49.5 Å². The molecule has 0 radical (unpaired) electrons. The smallest absolute Gasteiger partial charge is 0.122 e. The molecule has 1 atom stereocenters. The molecule has 0 aliphatic heterocycles. The second-order valence-electron chi connectivity index (χ2n) is 2.22. The molecular formula is C6H12O2. The number of rotatable bonds is 3. The zero-order valence-corrected chi connectivity index (χ0v) is 5.35. The minimum absolute atomic E-state index is 0.240. The number of aldehydes is 1. The Bertz CT molecular complexity index is 76.6. The summed E-state index contributed by atoms with van der Waals surface area (Å²) >= 11 is 0. The molecule has 0 saturated carbocycles. The predicted octanol–water partition coefficient (Wildman–Crippen LogP) is 0.736. The van der Waals surface area contributed by atoms with E-state index >= 15 is 0 Å². The lowest BCUT2D eigenvalue weighted by molar-refractivity contribution is -0.111. The molecule has 2 heteroatoms. The lowest BCUT2D eigenvalue weighted by Crippen LogP contribution is -2.22. The summed E-state index contributed by atoms with van der Waals surface area (Å²) in [6.07, 6.45) is 1.61. The van der Waals surface area contributed by atoms with E-state index in [-0.39, 0.29) is 6.42 Å². The largest absolute Gasteiger partial charge is 0.390 e. The highest BCUT2D eigenvalue weighted by atomic mass is 16.3. The van der Waals surface area contributed by atoms with Gasteiger partial charge in [0.25, 0.3) is 0 Å². The molecule has 0 rings (SSSR count). The maximum Gasteiger partial charge on any atom is 0.122 e. The Morgan fingerprint density at radius 1 is 1.75 bits per heavy atom. The molecule has 0 heterocycles. The molecule has 0 saturated heterocycles. The molecular weight excluding hydrogens is 104 g/mol. The first kappa shape index (κ1) is 7.63. The standard InChI is InChI=1S/C6H12O2/c1-3-6(2,8)4-5-7/h5,8H,3-4H2,1-2H3. The van der Waals surface area contributed by atoms with E-state index in [1.165, 1.54) is 0 Å². The number of carbonyl (C=O) groups is 1. The predicted molar refractivity (Wildman–Crippen MR) is 31.6 cm³/mol. The number of hydrogen-bond acceptors (Lipinski definition) is 2. The summed E-state index contributed by atoms with van der Waals surface area (Å²) < 4.78 is 0. The van der Waals surface area contributed by atoms with Gasteiger partial charge < -0.3 is 9.90 Å². The SMILES string of the molecule is CCC(C)(O)CC=O. The summed E-state index contributed by atoms with van der Waals surface area (Å²) in [5.41, 5.74) is -0.776. The number of aliphatic hydroxyl groups is 1. The Balaban J connectivity index is 3.53. The third-order valence-corrected chi connectivity index (χ3v) is 1.28. The summed E-state index contributed by atoms with van der Waals surface area (Å²) in [7, 11) is 0. The minimum Gasteiger partial charge on any atom is -0.390 e. The molecule has 48 valence electrons. The fraction of sp³-hybridized carbons (Fsp3) is 0.833. The van der Waals surface area contributed by atoms with E-state index in [9.17, 15) is 4.79 Å². The molecule has 0 aromatic heterocycles. The van der Waals surface area contributed by atoms with E-state index < -0.39 is 5.60 Å².